The van der Waals surface area contributed by atoms with E-state index in [1.165, 1.54) is 6.07 Å². The lowest BCUT2D eigenvalue weighted by molar-refractivity contribution is 0.215. The third kappa shape index (κ3) is 6.35. The van der Waals surface area contributed by atoms with Crippen LogP contribution < -0.4 is 10.1 Å². The molecule has 1 aliphatic heterocycles. The number of urea groups is 1. The number of halogens is 1. The number of hydrogen-bond acceptors (Lipinski definition) is 4. The fourth-order valence-corrected chi connectivity index (χ4v) is 5.65. The molecule has 1 heterocycles. The summed E-state index contributed by atoms with van der Waals surface area (Å²) < 4.78 is 45.3. The van der Waals surface area contributed by atoms with E-state index >= 15 is 0 Å². The smallest absolute Gasteiger partial charge is 0.322 e. The summed E-state index contributed by atoms with van der Waals surface area (Å²) >= 11 is 0. The molecule has 2 amide bonds. The maximum absolute atomic E-state index is 14.1. The Balaban J connectivity index is 1.35. The summed E-state index contributed by atoms with van der Waals surface area (Å²) in [5.74, 6) is -0.146. The molecule has 2 aliphatic rings. The zero-order chi connectivity index (χ0) is 23.6. The summed E-state index contributed by atoms with van der Waals surface area (Å²) in [5.41, 5.74) is 3.01. The Morgan fingerprint density at radius 1 is 1.18 bits per heavy atom. The van der Waals surface area contributed by atoms with Gasteiger partial charge in [0.15, 0.2) is 21.4 Å². The first kappa shape index (κ1) is 23.3. The first-order chi connectivity index (χ1) is 15.7. The number of nitrogens with zero attached hydrogens (tertiary/aromatic N) is 1. The van der Waals surface area contributed by atoms with Gasteiger partial charge in [-0.05, 0) is 53.5 Å². The van der Waals surface area contributed by atoms with E-state index in [1.807, 2.05) is 19.1 Å². The van der Waals surface area contributed by atoms with Gasteiger partial charge in [-0.3, -0.25) is 0 Å². The summed E-state index contributed by atoms with van der Waals surface area (Å²) in [4.78, 5) is 13.5. The van der Waals surface area contributed by atoms with Crippen molar-refractivity contribution in [2.24, 2.45) is 5.92 Å². The lowest BCUT2D eigenvalue weighted by Crippen LogP contribution is -2.27. The summed E-state index contributed by atoms with van der Waals surface area (Å²) in [6, 6.07) is 11.6. The number of ether oxygens (including phenoxy) is 1. The molecular weight excluding hydrogens is 443 g/mol. The molecule has 0 bridgehead atoms. The monoisotopic (exact) mass is 472 g/mol. The van der Waals surface area contributed by atoms with Crippen LogP contribution in [0.25, 0.3) is 0 Å². The molecule has 2 fully saturated rings. The number of sulfone groups is 1. The van der Waals surface area contributed by atoms with E-state index in [2.05, 4.69) is 11.9 Å². The second-order valence-electron chi connectivity index (χ2n) is 9.11. The van der Waals surface area contributed by atoms with Crippen molar-refractivity contribution in [3.05, 3.63) is 77.2 Å². The fraction of sp³-hybridized carbons (Fsp3) is 0.400. The highest BCUT2D eigenvalue weighted by atomic mass is 32.2. The molecule has 0 spiro atoms. The molecule has 1 saturated heterocycles. The van der Waals surface area contributed by atoms with Crippen LogP contribution in [0.2, 0.25) is 0 Å². The molecule has 2 aromatic rings. The van der Waals surface area contributed by atoms with Crippen LogP contribution in [0.15, 0.2) is 54.7 Å². The Hall–Kier alpha value is -2.87. The zero-order valence-corrected chi connectivity index (χ0v) is 19.5. The second kappa shape index (κ2) is 9.55. The van der Waals surface area contributed by atoms with Gasteiger partial charge in [-0.2, -0.15) is 0 Å². The number of rotatable bonds is 10. The molecule has 33 heavy (non-hydrogen) atoms. The Kier molecular flexibility index (Phi) is 6.74. The van der Waals surface area contributed by atoms with Crippen LogP contribution >= 0.6 is 0 Å². The van der Waals surface area contributed by atoms with Gasteiger partial charge in [0.1, 0.15) is 0 Å². The van der Waals surface area contributed by atoms with Crippen molar-refractivity contribution in [2.75, 3.05) is 18.9 Å². The number of nitrogens with one attached hydrogen (secondary N) is 1. The van der Waals surface area contributed by atoms with Crippen LogP contribution in [0, 0.1) is 11.7 Å². The number of hydrogen-bond donors (Lipinski definition) is 1. The van der Waals surface area contributed by atoms with Crippen LogP contribution in [0.3, 0.4) is 0 Å². The van der Waals surface area contributed by atoms with E-state index in [0.29, 0.717) is 36.9 Å². The first-order valence-corrected chi connectivity index (χ1v) is 12.9. The third-order valence-electron chi connectivity index (χ3n) is 5.94. The average molecular weight is 473 g/mol. The van der Waals surface area contributed by atoms with Gasteiger partial charge >= 0.3 is 6.03 Å². The van der Waals surface area contributed by atoms with Crippen molar-refractivity contribution in [3.63, 3.8) is 0 Å². The normalized spacial score (nSPS) is 17.2. The van der Waals surface area contributed by atoms with Crippen LogP contribution in [0.4, 0.5) is 9.18 Å². The third-order valence-corrected chi connectivity index (χ3v) is 7.72. The largest absolute Gasteiger partial charge is 0.490 e. The zero-order valence-electron chi connectivity index (χ0n) is 18.7. The molecule has 8 heteroatoms. The van der Waals surface area contributed by atoms with Crippen LogP contribution in [0.1, 0.15) is 42.4 Å². The molecule has 6 nitrogen and oxygen atoms in total. The Bertz CT molecular complexity index is 1140. The van der Waals surface area contributed by atoms with Gasteiger partial charge in [-0.15, -0.1) is 0 Å². The number of carbonyl (C=O) groups is 1. The lowest BCUT2D eigenvalue weighted by Gasteiger charge is -2.16. The van der Waals surface area contributed by atoms with Crippen molar-refractivity contribution >= 4 is 15.9 Å². The van der Waals surface area contributed by atoms with Gasteiger partial charge in [-0.25, -0.2) is 17.6 Å². The van der Waals surface area contributed by atoms with Crippen molar-refractivity contribution in [1.82, 2.24) is 10.2 Å². The summed E-state index contributed by atoms with van der Waals surface area (Å²) in [7, 11) is -3.39. The van der Waals surface area contributed by atoms with E-state index < -0.39 is 15.7 Å². The SMILES string of the molecule is C=C1CN(Cc2ccc(CS(=O)(=O)C[C@H](C)c3ccc(F)c(OCC4CC4)c3)cc2)C(=O)N1. The molecule has 2 aromatic carbocycles. The fourth-order valence-electron chi connectivity index (χ4n) is 3.88. The molecule has 1 aliphatic carbocycles. The second-order valence-corrected chi connectivity index (χ2v) is 11.2. The van der Waals surface area contributed by atoms with Gasteiger partial charge < -0.3 is 15.0 Å². The lowest BCUT2D eigenvalue weighted by atomic mass is 10.0. The topological polar surface area (TPSA) is 75.7 Å². The number of amides is 2. The molecule has 176 valence electrons. The minimum absolute atomic E-state index is 0.0431. The maximum atomic E-state index is 14.1. The highest BCUT2D eigenvalue weighted by Crippen LogP contribution is 2.31. The van der Waals surface area contributed by atoms with Crippen LogP contribution in [-0.2, 0) is 22.1 Å². The molecule has 4 rings (SSSR count). The van der Waals surface area contributed by atoms with Crippen molar-refractivity contribution in [1.29, 1.82) is 0 Å². The molecule has 0 radical (unpaired) electrons. The highest BCUT2D eigenvalue weighted by Gasteiger charge is 2.24. The van der Waals surface area contributed by atoms with E-state index in [1.54, 1.807) is 29.2 Å². The molecule has 1 N–H and O–H groups in total. The van der Waals surface area contributed by atoms with Gasteiger partial charge in [-0.1, -0.05) is 43.8 Å². The molecule has 1 saturated carbocycles. The predicted molar refractivity (Wildman–Crippen MR) is 125 cm³/mol. The summed E-state index contributed by atoms with van der Waals surface area (Å²) in [5, 5.41) is 2.67. The average Bonchev–Trinajstić information content (AvgIpc) is 3.52. The van der Waals surface area contributed by atoms with E-state index in [0.717, 1.165) is 24.0 Å². The predicted octanol–water partition coefficient (Wildman–Crippen LogP) is 4.37. The first-order valence-electron chi connectivity index (χ1n) is 11.1. The van der Waals surface area contributed by atoms with E-state index in [4.69, 9.17) is 4.74 Å². The summed E-state index contributed by atoms with van der Waals surface area (Å²) in [6.07, 6.45) is 2.22. The Morgan fingerprint density at radius 3 is 2.52 bits per heavy atom. The van der Waals surface area contributed by atoms with Gasteiger partial charge in [0.2, 0.25) is 0 Å². The molecule has 0 aromatic heterocycles. The van der Waals surface area contributed by atoms with Crippen LogP contribution in [0.5, 0.6) is 5.75 Å². The molecule has 1 atom stereocenters. The van der Waals surface area contributed by atoms with Gasteiger partial charge in [0.05, 0.1) is 24.7 Å². The quantitative estimate of drug-likeness (QED) is 0.557. The van der Waals surface area contributed by atoms with Crippen molar-refractivity contribution < 1.29 is 22.3 Å². The minimum atomic E-state index is -3.39. The van der Waals surface area contributed by atoms with Crippen molar-refractivity contribution in [2.45, 2.75) is 38.0 Å². The Morgan fingerprint density at radius 2 is 1.88 bits per heavy atom. The number of carbonyl (C=O) groups excluding carboxylic acids is 1. The van der Waals surface area contributed by atoms with Crippen molar-refractivity contribution in [3.8, 4) is 5.75 Å². The summed E-state index contributed by atoms with van der Waals surface area (Å²) in [6.45, 7) is 6.98. The van der Waals surface area contributed by atoms with Crippen LogP contribution in [-0.4, -0.2) is 38.3 Å². The molecule has 0 unspecified atom stereocenters. The number of benzene rings is 2. The van der Waals surface area contributed by atoms with E-state index in [9.17, 15) is 17.6 Å². The van der Waals surface area contributed by atoms with Gasteiger partial charge in [0, 0.05) is 12.2 Å². The minimum Gasteiger partial charge on any atom is -0.490 e. The van der Waals surface area contributed by atoms with Gasteiger partial charge in [0.25, 0.3) is 0 Å². The Labute approximate surface area is 194 Å². The van der Waals surface area contributed by atoms with E-state index in [-0.39, 0.29) is 29.2 Å². The highest BCUT2D eigenvalue weighted by molar-refractivity contribution is 7.90. The molecular formula is C25H29FN2O4S. The standard InChI is InChI=1S/C25H29FN2O4S/c1-17(22-9-10-23(26)24(11-22)32-14-20-5-6-20)15-33(30,31)16-21-7-3-19(4-8-21)13-28-12-18(2)27-25(28)29/h3-4,7-11,17,20H,2,5-6,12-16H2,1H3,(H,27,29)/t17-/m0/s1. The maximum Gasteiger partial charge on any atom is 0.322 e.